The standard InChI is InChI=1S/C23H29F4N5O/c1-14-29-19-10-15(23(25,26)27)2-3-21(19)32(14)17-5-8-30(9-6-17)18-11-20(28-12-18)22(33)31-7-4-16(24)13-31/h2-3,10,16-18,20,28H,4-9,11-13H2,1H3/t16?,18-,20-/m0/s1. The topological polar surface area (TPSA) is 53.4 Å². The van der Waals surface area contributed by atoms with Gasteiger partial charge in [-0.25, -0.2) is 9.37 Å². The average molecular weight is 468 g/mol. The number of carbonyl (C=O) groups excluding carboxylic acids is 1. The molecule has 5 rings (SSSR count). The Kier molecular flexibility index (Phi) is 5.84. The van der Waals surface area contributed by atoms with Crippen LogP contribution in [-0.4, -0.2) is 76.2 Å². The van der Waals surface area contributed by atoms with Crippen LogP contribution in [0.1, 0.15) is 43.1 Å². The largest absolute Gasteiger partial charge is 0.416 e. The highest BCUT2D eigenvalue weighted by Gasteiger charge is 2.38. The predicted molar refractivity (Wildman–Crippen MR) is 116 cm³/mol. The van der Waals surface area contributed by atoms with Gasteiger partial charge in [-0.1, -0.05) is 0 Å². The highest BCUT2D eigenvalue weighted by Crippen LogP contribution is 2.34. The van der Waals surface area contributed by atoms with Crippen LogP contribution in [0, 0.1) is 6.92 Å². The van der Waals surface area contributed by atoms with Gasteiger partial charge in [0.05, 0.1) is 29.2 Å². The molecule has 0 bridgehead atoms. The number of fused-ring (bicyclic) bond motifs is 1. The van der Waals surface area contributed by atoms with Crippen molar-refractivity contribution in [1.29, 1.82) is 0 Å². The monoisotopic (exact) mass is 467 g/mol. The zero-order valence-electron chi connectivity index (χ0n) is 18.6. The average Bonchev–Trinajstić information content (AvgIpc) is 3.50. The minimum Gasteiger partial charge on any atom is -0.338 e. The molecule has 3 aliphatic rings. The van der Waals surface area contributed by atoms with Crippen molar-refractivity contribution in [2.75, 3.05) is 32.7 Å². The molecule has 33 heavy (non-hydrogen) atoms. The van der Waals surface area contributed by atoms with Crippen molar-refractivity contribution in [2.24, 2.45) is 0 Å². The molecule has 3 fully saturated rings. The Bertz CT molecular complexity index is 1030. The fourth-order valence-corrected chi connectivity index (χ4v) is 5.69. The van der Waals surface area contributed by atoms with E-state index < -0.39 is 17.9 Å². The van der Waals surface area contributed by atoms with E-state index in [1.54, 1.807) is 4.90 Å². The van der Waals surface area contributed by atoms with E-state index in [-0.39, 0.29) is 30.6 Å². The number of nitrogens with zero attached hydrogens (tertiary/aromatic N) is 4. The van der Waals surface area contributed by atoms with E-state index >= 15 is 0 Å². The Morgan fingerprint density at radius 2 is 1.88 bits per heavy atom. The van der Waals surface area contributed by atoms with Gasteiger partial charge in [0.15, 0.2) is 0 Å². The Morgan fingerprint density at radius 3 is 2.55 bits per heavy atom. The maximum absolute atomic E-state index is 13.5. The number of likely N-dealkylation sites (tertiary alicyclic amines) is 2. The van der Waals surface area contributed by atoms with Gasteiger partial charge in [-0.3, -0.25) is 9.69 Å². The number of amides is 1. The van der Waals surface area contributed by atoms with E-state index in [2.05, 4.69) is 19.8 Å². The second-order valence-electron chi connectivity index (χ2n) is 9.52. The highest BCUT2D eigenvalue weighted by molar-refractivity contribution is 5.82. The number of aryl methyl sites for hydroxylation is 1. The fraction of sp³-hybridized carbons (Fsp3) is 0.652. The van der Waals surface area contributed by atoms with Gasteiger partial charge in [0.2, 0.25) is 5.91 Å². The van der Waals surface area contributed by atoms with Crippen molar-refractivity contribution in [3.05, 3.63) is 29.6 Å². The number of rotatable bonds is 3. The van der Waals surface area contributed by atoms with Gasteiger partial charge in [-0.15, -0.1) is 0 Å². The Morgan fingerprint density at radius 1 is 1.12 bits per heavy atom. The summed E-state index contributed by atoms with van der Waals surface area (Å²) in [7, 11) is 0. The first-order chi connectivity index (χ1) is 15.7. The summed E-state index contributed by atoms with van der Waals surface area (Å²) in [4.78, 5) is 21.1. The quantitative estimate of drug-likeness (QED) is 0.704. The van der Waals surface area contributed by atoms with Gasteiger partial charge in [0.1, 0.15) is 12.0 Å². The third kappa shape index (κ3) is 4.35. The van der Waals surface area contributed by atoms with Crippen LogP contribution >= 0.6 is 0 Å². The molecule has 1 amide bonds. The second kappa shape index (κ2) is 8.54. The van der Waals surface area contributed by atoms with E-state index in [4.69, 9.17) is 0 Å². The molecule has 2 aromatic rings. The van der Waals surface area contributed by atoms with Gasteiger partial charge in [0.25, 0.3) is 0 Å². The molecule has 1 unspecified atom stereocenters. The minimum atomic E-state index is -4.38. The molecule has 1 N–H and O–H groups in total. The van der Waals surface area contributed by atoms with Crippen LogP contribution in [0.4, 0.5) is 17.6 Å². The van der Waals surface area contributed by atoms with Gasteiger partial charge in [0, 0.05) is 38.3 Å². The Labute approximate surface area is 189 Å². The third-order valence-electron chi connectivity index (χ3n) is 7.42. The van der Waals surface area contributed by atoms with Crippen LogP contribution in [0.25, 0.3) is 11.0 Å². The number of hydrogen-bond acceptors (Lipinski definition) is 4. The zero-order valence-corrected chi connectivity index (χ0v) is 18.6. The number of piperidine rings is 1. The first kappa shape index (κ1) is 22.6. The van der Waals surface area contributed by atoms with Crippen molar-refractivity contribution in [1.82, 2.24) is 24.7 Å². The number of halogens is 4. The van der Waals surface area contributed by atoms with Crippen LogP contribution in [0.15, 0.2) is 18.2 Å². The molecule has 3 atom stereocenters. The maximum Gasteiger partial charge on any atom is 0.416 e. The minimum absolute atomic E-state index is 0.00581. The van der Waals surface area contributed by atoms with Crippen LogP contribution in [0.3, 0.4) is 0 Å². The lowest BCUT2D eigenvalue weighted by Crippen LogP contribution is -2.43. The number of nitrogens with one attached hydrogen (secondary N) is 1. The summed E-state index contributed by atoms with van der Waals surface area (Å²) in [6.07, 6.45) is -2.39. The first-order valence-electron chi connectivity index (χ1n) is 11.7. The summed E-state index contributed by atoms with van der Waals surface area (Å²) < 4.78 is 54.7. The molecule has 3 saturated heterocycles. The van der Waals surface area contributed by atoms with Gasteiger partial charge < -0.3 is 14.8 Å². The molecule has 6 nitrogen and oxygen atoms in total. The van der Waals surface area contributed by atoms with Crippen LogP contribution in [0.5, 0.6) is 0 Å². The lowest BCUT2D eigenvalue weighted by molar-refractivity contribution is -0.137. The van der Waals surface area contributed by atoms with Crippen LogP contribution in [0.2, 0.25) is 0 Å². The maximum atomic E-state index is 13.5. The van der Waals surface area contributed by atoms with E-state index in [9.17, 15) is 22.4 Å². The normalized spacial score (nSPS) is 27.7. The molecule has 0 radical (unpaired) electrons. The van der Waals surface area contributed by atoms with E-state index in [0.717, 1.165) is 62.4 Å². The molecule has 0 aliphatic carbocycles. The number of benzene rings is 1. The molecule has 0 spiro atoms. The van der Waals surface area contributed by atoms with Gasteiger partial charge in [-0.2, -0.15) is 13.2 Å². The highest BCUT2D eigenvalue weighted by atomic mass is 19.4. The van der Waals surface area contributed by atoms with Gasteiger partial charge >= 0.3 is 6.18 Å². The summed E-state index contributed by atoms with van der Waals surface area (Å²) in [6.45, 7) is 4.99. The number of aromatic nitrogens is 2. The lowest BCUT2D eigenvalue weighted by Gasteiger charge is -2.36. The van der Waals surface area contributed by atoms with Crippen molar-refractivity contribution in [3.8, 4) is 0 Å². The Hall–Kier alpha value is -2.20. The summed E-state index contributed by atoms with van der Waals surface area (Å²) in [5.74, 6) is 0.735. The van der Waals surface area contributed by atoms with E-state index in [1.807, 2.05) is 6.92 Å². The number of hydrogen-bond donors (Lipinski definition) is 1. The van der Waals surface area contributed by atoms with Crippen molar-refractivity contribution >= 4 is 16.9 Å². The van der Waals surface area contributed by atoms with Crippen molar-refractivity contribution in [2.45, 2.75) is 63.1 Å². The SMILES string of the molecule is Cc1nc2cc(C(F)(F)F)ccc2n1C1CCN([C@@H]2CN[C@H](C(=O)N3CCC(F)C3)C2)CC1. The van der Waals surface area contributed by atoms with Crippen molar-refractivity contribution < 1.29 is 22.4 Å². The Balaban J connectivity index is 1.21. The molecule has 4 heterocycles. The number of alkyl halides is 4. The molecule has 1 aromatic heterocycles. The predicted octanol–water partition coefficient (Wildman–Crippen LogP) is 3.30. The summed E-state index contributed by atoms with van der Waals surface area (Å²) in [6, 6.07) is 3.98. The second-order valence-corrected chi connectivity index (χ2v) is 9.52. The molecule has 180 valence electrons. The molecule has 10 heteroatoms. The third-order valence-corrected chi connectivity index (χ3v) is 7.42. The fourth-order valence-electron chi connectivity index (χ4n) is 5.69. The number of imidazole rings is 1. The smallest absolute Gasteiger partial charge is 0.338 e. The van der Waals surface area contributed by atoms with E-state index in [1.165, 1.54) is 6.07 Å². The van der Waals surface area contributed by atoms with Crippen LogP contribution < -0.4 is 5.32 Å². The molecule has 3 aliphatic heterocycles. The summed E-state index contributed by atoms with van der Waals surface area (Å²) >= 11 is 0. The molecule has 1 aromatic carbocycles. The molecular formula is C23H29F4N5O. The number of carbonyl (C=O) groups is 1. The van der Waals surface area contributed by atoms with Crippen LogP contribution in [-0.2, 0) is 11.0 Å². The lowest BCUT2D eigenvalue weighted by atomic mass is 10.0. The molecular weight excluding hydrogens is 438 g/mol. The summed E-state index contributed by atoms with van der Waals surface area (Å²) in [5, 5.41) is 3.32. The van der Waals surface area contributed by atoms with E-state index in [0.29, 0.717) is 18.5 Å². The zero-order chi connectivity index (χ0) is 23.3. The molecule has 0 saturated carbocycles. The van der Waals surface area contributed by atoms with Gasteiger partial charge in [-0.05, 0) is 50.8 Å². The first-order valence-corrected chi connectivity index (χ1v) is 11.7. The van der Waals surface area contributed by atoms with Crippen molar-refractivity contribution in [3.63, 3.8) is 0 Å². The summed E-state index contributed by atoms with van der Waals surface area (Å²) in [5.41, 5.74) is 0.440.